The Morgan fingerprint density at radius 2 is 1.95 bits per heavy atom. The summed E-state index contributed by atoms with van der Waals surface area (Å²) in [6.07, 6.45) is 1.22. The van der Waals surface area contributed by atoms with Crippen LogP contribution in [0.15, 0.2) is 12.1 Å². The summed E-state index contributed by atoms with van der Waals surface area (Å²) in [5.41, 5.74) is 2.74. The van der Waals surface area contributed by atoms with Crippen LogP contribution in [0.25, 0.3) is 0 Å². The van der Waals surface area contributed by atoms with E-state index in [4.69, 9.17) is 0 Å². The van der Waals surface area contributed by atoms with Gasteiger partial charge in [0, 0.05) is 32.2 Å². The van der Waals surface area contributed by atoms with Crippen molar-refractivity contribution in [3.8, 4) is 0 Å². The first-order chi connectivity index (χ1) is 9.45. The lowest BCUT2D eigenvalue weighted by Gasteiger charge is -2.34. The number of piperazine rings is 1. The first-order valence-corrected chi connectivity index (χ1v) is 7.67. The smallest absolute Gasteiger partial charge is 0.129 e. The SMILES string of the molecule is Cc1cc(CN2CCNC(CC(C)C)C2)cc(C)c1F. The lowest BCUT2D eigenvalue weighted by molar-refractivity contribution is 0.179. The van der Waals surface area contributed by atoms with Gasteiger partial charge in [-0.05, 0) is 42.9 Å². The van der Waals surface area contributed by atoms with Crippen molar-refractivity contribution in [3.05, 3.63) is 34.6 Å². The van der Waals surface area contributed by atoms with Crippen LogP contribution in [0.5, 0.6) is 0 Å². The third kappa shape index (κ3) is 4.03. The van der Waals surface area contributed by atoms with Crippen molar-refractivity contribution >= 4 is 0 Å². The molecule has 0 aromatic heterocycles. The van der Waals surface area contributed by atoms with Gasteiger partial charge >= 0.3 is 0 Å². The molecular formula is C17H27FN2. The Hall–Kier alpha value is -0.930. The lowest BCUT2D eigenvalue weighted by atomic mass is 10.0. The Balaban J connectivity index is 1.99. The summed E-state index contributed by atoms with van der Waals surface area (Å²) in [4.78, 5) is 2.48. The summed E-state index contributed by atoms with van der Waals surface area (Å²) in [6.45, 7) is 12.4. The van der Waals surface area contributed by atoms with E-state index in [9.17, 15) is 4.39 Å². The van der Waals surface area contributed by atoms with Crippen molar-refractivity contribution in [2.45, 2.75) is 46.7 Å². The molecule has 1 aromatic rings. The van der Waals surface area contributed by atoms with Crippen LogP contribution < -0.4 is 5.32 Å². The zero-order valence-electron chi connectivity index (χ0n) is 13.2. The molecule has 0 radical (unpaired) electrons. The molecule has 1 heterocycles. The highest BCUT2D eigenvalue weighted by molar-refractivity contribution is 5.30. The van der Waals surface area contributed by atoms with E-state index in [2.05, 4.69) is 24.1 Å². The fraction of sp³-hybridized carbons (Fsp3) is 0.647. The minimum absolute atomic E-state index is 0.0632. The second-order valence-corrected chi connectivity index (χ2v) is 6.56. The maximum atomic E-state index is 13.7. The zero-order valence-corrected chi connectivity index (χ0v) is 13.2. The van der Waals surface area contributed by atoms with Gasteiger partial charge in [-0.3, -0.25) is 4.90 Å². The van der Waals surface area contributed by atoms with Crippen molar-refractivity contribution in [1.29, 1.82) is 0 Å². The molecule has 1 unspecified atom stereocenters. The number of rotatable bonds is 4. The highest BCUT2D eigenvalue weighted by Gasteiger charge is 2.20. The van der Waals surface area contributed by atoms with Gasteiger partial charge in [0.15, 0.2) is 0 Å². The Bertz CT molecular complexity index is 433. The van der Waals surface area contributed by atoms with Gasteiger partial charge in [-0.2, -0.15) is 0 Å². The average molecular weight is 278 g/mol. The van der Waals surface area contributed by atoms with Crippen LogP contribution in [-0.2, 0) is 6.54 Å². The molecule has 0 bridgehead atoms. The van der Waals surface area contributed by atoms with Gasteiger partial charge in [-0.25, -0.2) is 4.39 Å². The highest BCUT2D eigenvalue weighted by atomic mass is 19.1. The monoisotopic (exact) mass is 278 g/mol. The van der Waals surface area contributed by atoms with Crippen LogP contribution in [0.2, 0.25) is 0 Å². The molecule has 0 saturated carbocycles. The maximum absolute atomic E-state index is 13.7. The number of hydrogen-bond acceptors (Lipinski definition) is 2. The molecule has 2 rings (SSSR count). The van der Waals surface area contributed by atoms with Crippen molar-refractivity contribution in [2.24, 2.45) is 5.92 Å². The Labute approximate surface area is 122 Å². The van der Waals surface area contributed by atoms with Crippen molar-refractivity contribution < 1.29 is 4.39 Å². The standard InChI is InChI=1S/C17H27FN2/c1-12(2)7-16-11-20(6-5-19-16)10-15-8-13(3)17(18)14(4)9-15/h8-9,12,16,19H,5-7,10-11H2,1-4H3. The van der Waals surface area contributed by atoms with Gasteiger partial charge in [-0.1, -0.05) is 26.0 Å². The van der Waals surface area contributed by atoms with Gasteiger partial charge < -0.3 is 5.32 Å². The largest absolute Gasteiger partial charge is 0.311 e. The van der Waals surface area contributed by atoms with E-state index in [1.807, 2.05) is 26.0 Å². The minimum Gasteiger partial charge on any atom is -0.311 e. The summed E-state index contributed by atoms with van der Waals surface area (Å²) in [6, 6.07) is 4.57. The predicted molar refractivity (Wildman–Crippen MR) is 82.4 cm³/mol. The van der Waals surface area contributed by atoms with E-state index >= 15 is 0 Å². The molecule has 0 amide bonds. The number of hydrogen-bond donors (Lipinski definition) is 1. The van der Waals surface area contributed by atoms with Crippen LogP contribution in [0.4, 0.5) is 4.39 Å². The summed E-state index contributed by atoms with van der Waals surface area (Å²) in [7, 11) is 0. The molecule has 1 N–H and O–H groups in total. The van der Waals surface area contributed by atoms with Gasteiger partial charge in [-0.15, -0.1) is 0 Å². The number of aryl methyl sites for hydroxylation is 2. The second-order valence-electron chi connectivity index (χ2n) is 6.56. The average Bonchev–Trinajstić information content (AvgIpc) is 2.35. The molecule has 0 aliphatic carbocycles. The molecule has 2 nitrogen and oxygen atoms in total. The van der Waals surface area contributed by atoms with Crippen LogP contribution in [-0.4, -0.2) is 30.6 Å². The first-order valence-electron chi connectivity index (χ1n) is 7.67. The van der Waals surface area contributed by atoms with E-state index < -0.39 is 0 Å². The first kappa shape index (κ1) is 15.5. The van der Waals surface area contributed by atoms with Crippen molar-refractivity contribution in [3.63, 3.8) is 0 Å². The van der Waals surface area contributed by atoms with Crippen LogP contribution in [0.1, 0.15) is 37.0 Å². The molecule has 3 heteroatoms. The number of benzene rings is 1. The molecule has 0 spiro atoms. The van der Waals surface area contributed by atoms with Gasteiger partial charge in [0.2, 0.25) is 0 Å². The fourth-order valence-electron chi connectivity index (χ4n) is 3.15. The Morgan fingerprint density at radius 1 is 1.30 bits per heavy atom. The molecular weight excluding hydrogens is 251 g/mol. The zero-order chi connectivity index (χ0) is 14.7. The second kappa shape index (κ2) is 6.68. The highest BCUT2D eigenvalue weighted by Crippen LogP contribution is 2.17. The molecule has 1 fully saturated rings. The van der Waals surface area contributed by atoms with Gasteiger partial charge in [0.1, 0.15) is 5.82 Å². The van der Waals surface area contributed by atoms with E-state index in [1.165, 1.54) is 12.0 Å². The Kier molecular flexibility index (Phi) is 5.17. The summed E-state index contributed by atoms with van der Waals surface area (Å²) >= 11 is 0. The molecule has 1 aliphatic rings. The predicted octanol–water partition coefficient (Wildman–Crippen LogP) is 3.26. The summed E-state index contributed by atoms with van der Waals surface area (Å²) in [5.74, 6) is 0.662. The third-order valence-electron chi connectivity index (χ3n) is 4.00. The van der Waals surface area contributed by atoms with Crippen LogP contribution in [0, 0.1) is 25.6 Å². The van der Waals surface area contributed by atoms with Crippen molar-refractivity contribution in [1.82, 2.24) is 10.2 Å². The van der Waals surface area contributed by atoms with E-state index in [1.54, 1.807) is 0 Å². The minimum atomic E-state index is -0.0632. The van der Waals surface area contributed by atoms with Crippen molar-refractivity contribution in [2.75, 3.05) is 19.6 Å². The molecule has 1 saturated heterocycles. The topological polar surface area (TPSA) is 15.3 Å². The number of halogens is 1. The molecule has 112 valence electrons. The van der Waals surface area contributed by atoms with E-state index in [-0.39, 0.29) is 5.82 Å². The summed E-state index contributed by atoms with van der Waals surface area (Å²) < 4.78 is 13.7. The lowest BCUT2D eigenvalue weighted by Crippen LogP contribution is -2.50. The normalized spacial score (nSPS) is 20.6. The molecule has 20 heavy (non-hydrogen) atoms. The number of nitrogens with one attached hydrogen (secondary N) is 1. The van der Waals surface area contributed by atoms with Gasteiger partial charge in [0.05, 0.1) is 0 Å². The number of nitrogens with zero attached hydrogens (tertiary/aromatic N) is 1. The summed E-state index contributed by atoms with van der Waals surface area (Å²) in [5, 5.41) is 3.60. The molecule has 1 aromatic carbocycles. The fourth-order valence-corrected chi connectivity index (χ4v) is 3.15. The Morgan fingerprint density at radius 3 is 2.55 bits per heavy atom. The quantitative estimate of drug-likeness (QED) is 0.909. The van der Waals surface area contributed by atoms with Crippen LogP contribution >= 0.6 is 0 Å². The third-order valence-corrected chi connectivity index (χ3v) is 4.00. The van der Waals surface area contributed by atoms with E-state index in [0.29, 0.717) is 6.04 Å². The van der Waals surface area contributed by atoms with E-state index in [0.717, 1.165) is 43.2 Å². The molecule has 1 aliphatic heterocycles. The molecule has 1 atom stereocenters. The maximum Gasteiger partial charge on any atom is 0.129 e. The van der Waals surface area contributed by atoms with Gasteiger partial charge in [0.25, 0.3) is 0 Å². The van der Waals surface area contributed by atoms with Crippen LogP contribution in [0.3, 0.4) is 0 Å².